The maximum absolute atomic E-state index is 11.3. The minimum atomic E-state index is -0.525. The molecule has 5 heteroatoms. The molecule has 0 radical (unpaired) electrons. The summed E-state index contributed by atoms with van der Waals surface area (Å²) in [5.74, 6) is 0.204. The van der Waals surface area contributed by atoms with Gasteiger partial charge in [0.1, 0.15) is 5.75 Å². The van der Waals surface area contributed by atoms with Crippen LogP contribution < -0.4 is 10.1 Å². The zero-order valence-corrected chi connectivity index (χ0v) is 10.3. The number of carbonyl (C=O) groups is 1. The monoisotopic (exact) mass is 255 g/mol. The van der Waals surface area contributed by atoms with E-state index >= 15 is 0 Å². The number of esters is 1. The molecule has 0 aromatic heterocycles. The van der Waals surface area contributed by atoms with Crippen molar-refractivity contribution >= 4 is 17.6 Å². The number of carbonyl (C=O) groups excluding carboxylic acids is 1. The van der Waals surface area contributed by atoms with Gasteiger partial charge in [-0.25, -0.2) is 4.79 Å². The van der Waals surface area contributed by atoms with Gasteiger partial charge < -0.3 is 14.8 Å². The Kier molecular flexibility index (Phi) is 3.86. The maximum Gasteiger partial charge on any atom is 0.347 e. The van der Waals surface area contributed by atoms with Crippen LogP contribution in [0.15, 0.2) is 18.2 Å². The molecule has 1 heterocycles. The first-order valence-corrected chi connectivity index (χ1v) is 5.85. The summed E-state index contributed by atoms with van der Waals surface area (Å²) in [5, 5.41) is 3.55. The van der Waals surface area contributed by atoms with Crippen LogP contribution in [0.2, 0.25) is 5.02 Å². The number of cyclic esters (lactones) is 1. The second-order valence-corrected chi connectivity index (χ2v) is 4.26. The molecule has 0 bridgehead atoms. The lowest BCUT2D eigenvalue weighted by Crippen LogP contribution is -2.21. The lowest BCUT2D eigenvalue weighted by atomic mass is 10.2. The molecule has 1 unspecified atom stereocenters. The Bertz CT molecular complexity index is 422. The average molecular weight is 256 g/mol. The maximum atomic E-state index is 11.3. The van der Waals surface area contributed by atoms with Crippen LogP contribution in [0.5, 0.6) is 5.75 Å². The first-order chi connectivity index (χ1) is 8.20. The third kappa shape index (κ3) is 2.90. The Balaban J connectivity index is 2.08. The van der Waals surface area contributed by atoms with Crippen molar-refractivity contribution in [2.24, 2.45) is 0 Å². The highest BCUT2D eigenvalue weighted by atomic mass is 35.5. The van der Waals surface area contributed by atoms with Crippen LogP contribution in [0.4, 0.5) is 0 Å². The van der Waals surface area contributed by atoms with Crippen molar-refractivity contribution in [3.63, 3.8) is 0 Å². The summed E-state index contributed by atoms with van der Waals surface area (Å²) in [6, 6.07) is 5.52. The Hall–Kier alpha value is -1.26. The first-order valence-electron chi connectivity index (χ1n) is 5.47. The molecule has 0 saturated carbocycles. The van der Waals surface area contributed by atoms with Crippen LogP contribution in [0.25, 0.3) is 0 Å². The molecule has 1 N–H and O–H groups in total. The van der Waals surface area contributed by atoms with Crippen LogP contribution in [-0.4, -0.2) is 25.7 Å². The van der Waals surface area contributed by atoms with Crippen LogP contribution in [0, 0.1) is 0 Å². The minimum absolute atomic E-state index is 0.319. The van der Waals surface area contributed by atoms with Crippen LogP contribution in [0.3, 0.4) is 0 Å². The third-order valence-corrected chi connectivity index (χ3v) is 2.83. The third-order valence-electron chi connectivity index (χ3n) is 2.53. The van der Waals surface area contributed by atoms with E-state index in [0.717, 1.165) is 12.1 Å². The van der Waals surface area contributed by atoms with E-state index in [1.807, 2.05) is 19.2 Å². The van der Waals surface area contributed by atoms with Gasteiger partial charge in [-0.2, -0.15) is 0 Å². The van der Waals surface area contributed by atoms with E-state index in [0.29, 0.717) is 23.8 Å². The van der Waals surface area contributed by atoms with Crippen molar-refractivity contribution in [1.82, 2.24) is 5.32 Å². The fraction of sp³-hybridized carbons (Fsp3) is 0.417. The molecule has 4 nitrogen and oxygen atoms in total. The SMILES string of the molecule is CNCc1ccc(OC2CCOC2=O)c(Cl)c1. The summed E-state index contributed by atoms with van der Waals surface area (Å²) < 4.78 is 10.3. The highest BCUT2D eigenvalue weighted by Crippen LogP contribution is 2.28. The lowest BCUT2D eigenvalue weighted by molar-refractivity contribution is -0.143. The smallest absolute Gasteiger partial charge is 0.347 e. The Morgan fingerprint density at radius 2 is 2.41 bits per heavy atom. The van der Waals surface area contributed by atoms with Gasteiger partial charge in [0.2, 0.25) is 0 Å². The Labute approximate surface area is 105 Å². The summed E-state index contributed by atoms with van der Waals surface area (Å²) in [6.45, 7) is 1.16. The number of hydrogen-bond donors (Lipinski definition) is 1. The number of hydrogen-bond acceptors (Lipinski definition) is 4. The topological polar surface area (TPSA) is 47.6 Å². The van der Waals surface area contributed by atoms with Gasteiger partial charge in [-0.3, -0.25) is 0 Å². The van der Waals surface area contributed by atoms with E-state index in [-0.39, 0.29) is 5.97 Å². The highest BCUT2D eigenvalue weighted by molar-refractivity contribution is 6.32. The van der Waals surface area contributed by atoms with Crippen molar-refractivity contribution in [3.8, 4) is 5.75 Å². The van der Waals surface area contributed by atoms with Gasteiger partial charge in [0, 0.05) is 13.0 Å². The van der Waals surface area contributed by atoms with Crippen LogP contribution in [0.1, 0.15) is 12.0 Å². The van der Waals surface area contributed by atoms with Gasteiger partial charge in [-0.15, -0.1) is 0 Å². The summed E-state index contributed by atoms with van der Waals surface area (Å²) in [6.07, 6.45) is 0.0515. The van der Waals surface area contributed by atoms with E-state index in [9.17, 15) is 4.79 Å². The molecular formula is C12H14ClNO3. The van der Waals surface area contributed by atoms with E-state index in [1.165, 1.54) is 0 Å². The molecule has 2 rings (SSSR count). The fourth-order valence-corrected chi connectivity index (χ4v) is 1.94. The zero-order valence-electron chi connectivity index (χ0n) is 9.53. The van der Waals surface area contributed by atoms with Crippen LogP contribution in [-0.2, 0) is 16.1 Å². The summed E-state index contributed by atoms with van der Waals surface area (Å²) in [4.78, 5) is 11.3. The molecule has 0 amide bonds. The first kappa shape index (κ1) is 12.2. The zero-order chi connectivity index (χ0) is 12.3. The average Bonchev–Trinajstić information content (AvgIpc) is 2.69. The summed E-state index contributed by atoms with van der Waals surface area (Å²) >= 11 is 6.09. The molecule has 92 valence electrons. The lowest BCUT2D eigenvalue weighted by Gasteiger charge is -2.12. The van der Waals surface area contributed by atoms with Gasteiger partial charge in [-0.1, -0.05) is 17.7 Å². The van der Waals surface area contributed by atoms with Gasteiger partial charge in [0.25, 0.3) is 0 Å². The molecule has 17 heavy (non-hydrogen) atoms. The van der Waals surface area contributed by atoms with E-state index in [1.54, 1.807) is 6.07 Å². The second kappa shape index (κ2) is 5.38. The molecule has 1 aromatic rings. The van der Waals surface area contributed by atoms with Gasteiger partial charge in [-0.05, 0) is 24.7 Å². The second-order valence-electron chi connectivity index (χ2n) is 3.86. The molecule has 1 aliphatic heterocycles. The van der Waals surface area contributed by atoms with Gasteiger partial charge in [0.05, 0.1) is 11.6 Å². The summed E-state index contributed by atoms with van der Waals surface area (Å²) in [7, 11) is 1.87. The van der Waals surface area contributed by atoms with Crippen molar-refractivity contribution in [2.75, 3.05) is 13.7 Å². The van der Waals surface area contributed by atoms with Gasteiger partial charge >= 0.3 is 5.97 Å². The Morgan fingerprint density at radius 3 is 3.00 bits per heavy atom. The highest BCUT2D eigenvalue weighted by Gasteiger charge is 2.28. The molecule has 1 saturated heterocycles. The Morgan fingerprint density at radius 1 is 1.59 bits per heavy atom. The van der Waals surface area contributed by atoms with Crippen molar-refractivity contribution in [3.05, 3.63) is 28.8 Å². The molecule has 1 aromatic carbocycles. The van der Waals surface area contributed by atoms with Crippen molar-refractivity contribution in [2.45, 2.75) is 19.1 Å². The number of nitrogens with one attached hydrogen (secondary N) is 1. The molecule has 0 spiro atoms. The van der Waals surface area contributed by atoms with Crippen LogP contribution >= 0.6 is 11.6 Å². The normalized spacial score (nSPS) is 19.2. The standard InChI is InChI=1S/C12H14ClNO3/c1-14-7-8-2-3-10(9(13)6-8)17-11-4-5-16-12(11)15/h2-3,6,11,14H,4-5,7H2,1H3. The molecule has 0 aliphatic carbocycles. The molecule has 1 aliphatic rings. The quantitative estimate of drug-likeness (QED) is 0.833. The number of rotatable bonds is 4. The van der Waals surface area contributed by atoms with E-state index in [2.05, 4.69) is 5.32 Å². The molecule has 1 fully saturated rings. The van der Waals surface area contributed by atoms with Crippen molar-refractivity contribution in [1.29, 1.82) is 0 Å². The fourth-order valence-electron chi connectivity index (χ4n) is 1.69. The van der Waals surface area contributed by atoms with E-state index < -0.39 is 6.10 Å². The number of benzene rings is 1. The predicted octanol–water partition coefficient (Wildman–Crippen LogP) is 1.75. The predicted molar refractivity (Wildman–Crippen MR) is 64.2 cm³/mol. The number of ether oxygens (including phenoxy) is 2. The summed E-state index contributed by atoms with van der Waals surface area (Å²) in [5.41, 5.74) is 1.07. The van der Waals surface area contributed by atoms with Crippen molar-refractivity contribution < 1.29 is 14.3 Å². The van der Waals surface area contributed by atoms with Gasteiger partial charge in [0.15, 0.2) is 6.10 Å². The largest absolute Gasteiger partial charge is 0.477 e. The minimum Gasteiger partial charge on any atom is -0.477 e. The number of halogens is 1. The van der Waals surface area contributed by atoms with E-state index in [4.69, 9.17) is 21.1 Å². The molecular weight excluding hydrogens is 242 g/mol. The molecule has 1 atom stereocenters.